The fourth-order valence-corrected chi connectivity index (χ4v) is 4.66. The minimum atomic E-state index is -3.30. The lowest BCUT2D eigenvalue weighted by Crippen LogP contribution is -2.44. The first-order chi connectivity index (χ1) is 10.1. The number of rotatable bonds is 5. The van der Waals surface area contributed by atoms with Gasteiger partial charge >= 0.3 is 0 Å². The van der Waals surface area contributed by atoms with Gasteiger partial charge in [0.05, 0.1) is 0 Å². The van der Waals surface area contributed by atoms with E-state index in [4.69, 9.17) is 0 Å². The SMILES string of the molecule is CCN(CC)S(=O)(=O)N1CCCC(c2ccncc2)CC1. The summed E-state index contributed by atoms with van der Waals surface area (Å²) in [6.07, 6.45) is 6.45. The highest BCUT2D eigenvalue weighted by Crippen LogP contribution is 2.28. The van der Waals surface area contributed by atoms with Crippen LogP contribution in [0.25, 0.3) is 0 Å². The zero-order valence-corrected chi connectivity index (χ0v) is 13.7. The first-order valence-electron chi connectivity index (χ1n) is 7.74. The highest BCUT2D eigenvalue weighted by molar-refractivity contribution is 7.86. The number of aromatic nitrogens is 1. The third-order valence-corrected chi connectivity index (χ3v) is 6.41. The van der Waals surface area contributed by atoms with Gasteiger partial charge in [0.15, 0.2) is 0 Å². The molecule has 21 heavy (non-hydrogen) atoms. The molecule has 0 N–H and O–H groups in total. The summed E-state index contributed by atoms with van der Waals surface area (Å²) >= 11 is 0. The van der Waals surface area contributed by atoms with E-state index >= 15 is 0 Å². The molecule has 0 aromatic carbocycles. The predicted octanol–water partition coefficient (Wildman–Crippen LogP) is 2.24. The zero-order chi connectivity index (χ0) is 15.3. The van der Waals surface area contributed by atoms with Crippen molar-refractivity contribution in [2.75, 3.05) is 26.2 Å². The molecule has 1 atom stereocenters. The zero-order valence-electron chi connectivity index (χ0n) is 12.9. The fourth-order valence-electron chi connectivity index (χ4n) is 2.98. The Morgan fingerprint density at radius 3 is 2.48 bits per heavy atom. The van der Waals surface area contributed by atoms with E-state index in [2.05, 4.69) is 4.98 Å². The topological polar surface area (TPSA) is 53.5 Å². The summed E-state index contributed by atoms with van der Waals surface area (Å²) in [5.41, 5.74) is 1.27. The molecule has 1 fully saturated rings. The summed E-state index contributed by atoms with van der Waals surface area (Å²) in [6.45, 7) is 6.07. The van der Waals surface area contributed by atoms with Gasteiger partial charge in [0.1, 0.15) is 0 Å². The standard InChI is InChI=1S/C15H25N3O2S/c1-3-17(4-2)21(19,20)18-12-5-6-14(9-13-18)15-7-10-16-11-8-15/h7-8,10-11,14H,3-6,9,12-13H2,1-2H3. The molecule has 0 bridgehead atoms. The first kappa shape index (κ1) is 16.4. The van der Waals surface area contributed by atoms with Crippen LogP contribution in [0.2, 0.25) is 0 Å². The third kappa shape index (κ3) is 3.81. The largest absolute Gasteiger partial charge is 0.281 e. The molecular formula is C15H25N3O2S. The van der Waals surface area contributed by atoms with Crippen LogP contribution in [-0.2, 0) is 10.2 Å². The monoisotopic (exact) mass is 311 g/mol. The van der Waals surface area contributed by atoms with Crippen molar-refractivity contribution in [3.05, 3.63) is 30.1 Å². The van der Waals surface area contributed by atoms with Crippen LogP contribution < -0.4 is 0 Å². The van der Waals surface area contributed by atoms with Crippen molar-refractivity contribution in [2.45, 2.75) is 39.0 Å². The Morgan fingerprint density at radius 1 is 1.19 bits per heavy atom. The van der Waals surface area contributed by atoms with E-state index in [1.807, 2.05) is 38.4 Å². The van der Waals surface area contributed by atoms with E-state index in [0.29, 0.717) is 32.1 Å². The van der Waals surface area contributed by atoms with Gasteiger partial charge in [-0.1, -0.05) is 13.8 Å². The Kier molecular flexibility index (Phi) is 5.72. The number of hydrogen-bond acceptors (Lipinski definition) is 3. The van der Waals surface area contributed by atoms with Crippen molar-refractivity contribution >= 4 is 10.2 Å². The van der Waals surface area contributed by atoms with Gasteiger partial charge in [0, 0.05) is 38.6 Å². The highest BCUT2D eigenvalue weighted by atomic mass is 32.2. The summed E-state index contributed by atoms with van der Waals surface area (Å²) < 4.78 is 28.4. The lowest BCUT2D eigenvalue weighted by Gasteiger charge is -2.27. The van der Waals surface area contributed by atoms with Crippen molar-refractivity contribution in [1.29, 1.82) is 0 Å². The Morgan fingerprint density at radius 2 is 1.86 bits per heavy atom. The summed E-state index contributed by atoms with van der Waals surface area (Å²) in [5.74, 6) is 0.435. The quantitative estimate of drug-likeness (QED) is 0.838. The third-order valence-electron chi connectivity index (χ3n) is 4.22. The molecule has 6 heteroatoms. The maximum Gasteiger partial charge on any atom is 0.281 e. The molecule has 1 unspecified atom stereocenters. The van der Waals surface area contributed by atoms with E-state index in [0.717, 1.165) is 19.3 Å². The first-order valence-corrected chi connectivity index (χ1v) is 9.14. The second kappa shape index (κ2) is 7.33. The maximum atomic E-state index is 12.6. The summed E-state index contributed by atoms with van der Waals surface area (Å²) in [6, 6.07) is 4.08. The van der Waals surface area contributed by atoms with Gasteiger partial charge in [-0.3, -0.25) is 4.98 Å². The van der Waals surface area contributed by atoms with E-state index in [9.17, 15) is 8.42 Å². The van der Waals surface area contributed by atoms with Crippen molar-refractivity contribution < 1.29 is 8.42 Å². The smallest absolute Gasteiger partial charge is 0.265 e. The molecular weight excluding hydrogens is 286 g/mol. The lowest BCUT2D eigenvalue weighted by molar-refractivity contribution is 0.353. The summed E-state index contributed by atoms with van der Waals surface area (Å²) in [4.78, 5) is 4.05. The number of hydrogen-bond donors (Lipinski definition) is 0. The number of nitrogens with zero attached hydrogens (tertiary/aromatic N) is 3. The van der Waals surface area contributed by atoms with Crippen LogP contribution in [0.15, 0.2) is 24.5 Å². The van der Waals surface area contributed by atoms with Crippen LogP contribution in [0, 0.1) is 0 Å². The van der Waals surface area contributed by atoms with Crippen LogP contribution in [0.3, 0.4) is 0 Å². The van der Waals surface area contributed by atoms with E-state index in [-0.39, 0.29) is 0 Å². The molecule has 2 rings (SSSR count). The summed E-state index contributed by atoms with van der Waals surface area (Å²) in [5, 5.41) is 0. The van der Waals surface area contributed by atoms with Crippen molar-refractivity contribution in [1.82, 2.24) is 13.6 Å². The van der Waals surface area contributed by atoms with Gasteiger partial charge in [-0.2, -0.15) is 17.0 Å². The minimum absolute atomic E-state index is 0.435. The molecule has 1 aliphatic heterocycles. The van der Waals surface area contributed by atoms with Crippen LogP contribution in [0.1, 0.15) is 44.6 Å². The van der Waals surface area contributed by atoms with Crippen molar-refractivity contribution in [3.8, 4) is 0 Å². The Hall–Kier alpha value is -0.980. The molecule has 0 amide bonds. The molecule has 0 aliphatic carbocycles. The molecule has 0 radical (unpaired) electrons. The van der Waals surface area contributed by atoms with Crippen LogP contribution in [-0.4, -0.2) is 48.2 Å². The average Bonchev–Trinajstić information content (AvgIpc) is 2.75. The molecule has 1 aromatic heterocycles. The van der Waals surface area contributed by atoms with E-state index in [1.54, 1.807) is 8.61 Å². The fraction of sp³-hybridized carbons (Fsp3) is 0.667. The van der Waals surface area contributed by atoms with Gasteiger partial charge in [-0.25, -0.2) is 0 Å². The van der Waals surface area contributed by atoms with Gasteiger partial charge in [0.25, 0.3) is 10.2 Å². The predicted molar refractivity (Wildman–Crippen MR) is 84.2 cm³/mol. The summed E-state index contributed by atoms with van der Waals surface area (Å²) in [7, 11) is -3.30. The molecule has 2 heterocycles. The molecule has 5 nitrogen and oxygen atoms in total. The normalized spacial score (nSPS) is 21.4. The Labute approximate surface area is 128 Å². The molecule has 1 aliphatic rings. The number of pyridine rings is 1. The molecule has 0 saturated carbocycles. The van der Waals surface area contributed by atoms with Gasteiger partial charge in [0.2, 0.25) is 0 Å². The Balaban J connectivity index is 2.07. The lowest BCUT2D eigenvalue weighted by atomic mass is 9.93. The highest BCUT2D eigenvalue weighted by Gasteiger charge is 2.30. The Bertz CT molecular complexity index is 529. The van der Waals surface area contributed by atoms with Gasteiger partial charge in [-0.15, -0.1) is 0 Å². The molecule has 1 aromatic rings. The minimum Gasteiger partial charge on any atom is -0.265 e. The van der Waals surface area contributed by atoms with Crippen LogP contribution in [0.4, 0.5) is 0 Å². The van der Waals surface area contributed by atoms with Crippen LogP contribution in [0.5, 0.6) is 0 Å². The maximum absolute atomic E-state index is 12.6. The van der Waals surface area contributed by atoms with Crippen molar-refractivity contribution in [3.63, 3.8) is 0 Å². The second-order valence-electron chi connectivity index (χ2n) is 5.40. The van der Waals surface area contributed by atoms with Gasteiger partial charge < -0.3 is 0 Å². The van der Waals surface area contributed by atoms with E-state index in [1.165, 1.54) is 5.56 Å². The van der Waals surface area contributed by atoms with E-state index < -0.39 is 10.2 Å². The van der Waals surface area contributed by atoms with Crippen molar-refractivity contribution in [2.24, 2.45) is 0 Å². The molecule has 0 spiro atoms. The molecule has 118 valence electrons. The average molecular weight is 311 g/mol. The second-order valence-corrected chi connectivity index (χ2v) is 7.33. The van der Waals surface area contributed by atoms with Gasteiger partial charge in [-0.05, 0) is 42.9 Å². The van der Waals surface area contributed by atoms with Crippen LogP contribution >= 0.6 is 0 Å². The molecule has 1 saturated heterocycles.